The molecule has 0 spiro atoms. The molecule has 2 unspecified atom stereocenters. The molecular formula is C16H24O4. The number of carboxylic acid groups (broad SMARTS) is 1. The Kier molecular flexibility index (Phi) is 5.24. The minimum atomic E-state index is -1.29. The van der Waals surface area contributed by atoms with Crippen molar-refractivity contribution in [3.05, 3.63) is 11.6 Å². The number of hydrogen-bond donors (Lipinski definition) is 2. The summed E-state index contributed by atoms with van der Waals surface area (Å²) < 4.78 is 5.29. The summed E-state index contributed by atoms with van der Waals surface area (Å²) in [6.07, 6.45) is 3.13. The molecule has 20 heavy (non-hydrogen) atoms. The number of ether oxygens (including phenoxy) is 1. The molecule has 1 fully saturated rings. The minimum Gasteiger partial charge on any atom is -0.450 e. The second kappa shape index (κ2) is 6.32. The predicted octanol–water partition coefficient (Wildman–Crippen LogP) is 3.21. The van der Waals surface area contributed by atoms with Crippen LogP contribution in [-0.4, -0.2) is 28.6 Å². The first-order valence-corrected chi connectivity index (χ1v) is 6.98. The van der Waals surface area contributed by atoms with Crippen LogP contribution in [0.5, 0.6) is 0 Å². The lowest BCUT2D eigenvalue weighted by Crippen LogP contribution is -2.54. The Morgan fingerprint density at radius 2 is 2.15 bits per heavy atom. The largest absolute Gasteiger partial charge is 0.507 e. The van der Waals surface area contributed by atoms with Crippen LogP contribution in [0.15, 0.2) is 11.6 Å². The van der Waals surface area contributed by atoms with Crippen LogP contribution in [0.25, 0.3) is 0 Å². The monoisotopic (exact) mass is 280 g/mol. The summed E-state index contributed by atoms with van der Waals surface area (Å²) in [6.45, 7) is 7.71. The fraction of sp³-hybridized carbons (Fsp3) is 0.688. The Hall–Kier alpha value is -1.47. The van der Waals surface area contributed by atoms with Crippen molar-refractivity contribution >= 4 is 6.16 Å². The Labute approximate surface area is 120 Å². The third-order valence-corrected chi connectivity index (χ3v) is 4.23. The van der Waals surface area contributed by atoms with Gasteiger partial charge in [-0.25, -0.2) is 4.79 Å². The van der Waals surface area contributed by atoms with Gasteiger partial charge in [0.1, 0.15) is 0 Å². The molecule has 0 heterocycles. The van der Waals surface area contributed by atoms with E-state index in [4.69, 9.17) is 14.9 Å². The summed E-state index contributed by atoms with van der Waals surface area (Å²) in [5.41, 5.74) is -0.619. The third kappa shape index (κ3) is 3.34. The fourth-order valence-electron chi connectivity index (χ4n) is 2.98. The first-order valence-electron chi connectivity index (χ1n) is 6.98. The zero-order chi connectivity index (χ0) is 15.4. The van der Waals surface area contributed by atoms with Crippen molar-refractivity contribution in [2.24, 2.45) is 11.3 Å². The maximum absolute atomic E-state index is 11.1. The van der Waals surface area contributed by atoms with Crippen molar-refractivity contribution in [2.45, 2.75) is 52.6 Å². The molecule has 0 amide bonds. The molecule has 0 aromatic carbocycles. The lowest BCUT2D eigenvalue weighted by atomic mass is 9.61. The van der Waals surface area contributed by atoms with Gasteiger partial charge in [0.25, 0.3) is 0 Å². The van der Waals surface area contributed by atoms with Crippen molar-refractivity contribution in [1.29, 1.82) is 0 Å². The Morgan fingerprint density at radius 1 is 1.50 bits per heavy atom. The average molecular weight is 280 g/mol. The van der Waals surface area contributed by atoms with Crippen LogP contribution in [0.4, 0.5) is 4.79 Å². The van der Waals surface area contributed by atoms with Gasteiger partial charge in [0.05, 0.1) is 6.61 Å². The molecule has 0 saturated heterocycles. The summed E-state index contributed by atoms with van der Waals surface area (Å²) in [7, 11) is 0. The van der Waals surface area contributed by atoms with E-state index in [0.29, 0.717) is 0 Å². The number of aliphatic hydroxyl groups is 1. The van der Waals surface area contributed by atoms with Crippen LogP contribution in [0, 0.1) is 23.2 Å². The third-order valence-electron chi connectivity index (χ3n) is 4.23. The van der Waals surface area contributed by atoms with E-state index >= 15 is 0 Å². The highest BCUT2D eigenvalue weighted by molar-refractivity contribution is 5.59. The van der Waals surface area contributed by atoms with Gasteiger partial charge < -0.3 is 14.9 Å². The van der Waals surface area contributed by atoms with Crippen LogP contribution in [-0.2, 0) is 4.74 Å². The van der Waals surface area contributed by atoms with Crippen LogP contribution in [0.1, 0.15) is 47.0 Å². The van der Waals surface area contributed by atoms with E-state index in [1.807, 2.05) is 20.8 Å². The van der Waals surface area contributed by atoms with Crippen molar-refractivity contribution in [3.8, 4) is 11.8 Å². The molecule has 2 N–H and O–H groups in total. The van der Waals surface area contributed by atoms with Crippen molar-refractivity contribution in [3.63, 3.8) is 0 Å². The number of rotatable bonds is 2. The van der Waals surface area contributed by atoms with Gasteiger partial charge >= 0.3 is 6.16 Å². The quantitative estimate of drug-likeness (QED) is 0.602. The molecule has 1 saturated carbocycles. The van der Waals surface area contributed by atoms with Crippen molar-refractivity contribution in [1.82, 2.24) is 0 Å². The second-order valence-electron chi connectivity index (χ2n) is 6.10. The van der Waals surface area contributed by atoms with Crippen molar-refractivity contribution < 1.29 is 19.7 Å². The predicted molar refractivity (Wildman–Crippen MR) is 77.3 cm³/mol. The minimum absolute atomic E-state index is 0.0387. The van der Waals surface area contributed by atoms with Gasteiger partial charge in [0, 0.05) is 11.3 Å². The highest BCUT2D eigenvalue weighted by Gasteiger charge is 2.53. The Bertz CT molecular complexity index is 453. The number of allylic oxidation sites excluding steroid dienone is 1. The van der Waals surface area contributed by atoms with Crippen LogP contribution < -0.4 is 0 Å². The van der Waals surface area contributed by atoms with Gasteiger partial charge in [0.2, 0.25) is 0 Å². The molecule has 0 bridgehead atoms. The van der Waals surface area contributed by atoms with Gasteiger partial charge in [-0.15, -0.1) is 0 Å². The summed E-state index contributed by atoms with van der Waals surface area (Å²) >= 11 is 0. The molecular weight excluding hydrogens is 256 g/mol. The lowest BCUT2D eigenvalue weighted by Gasteiger charge is -2.49. The maximum Gasteiger partial charge on any atom is 0.507 e. The van der Waals surface area contributed by atoms with Gasteiger partial charge in [-0.2, -0.15) is 0 Å². The molecule has 112 valence electrons. The average Bonchev–Trinajstić information content (AvgIpc) is 2.32. The molecule has 0 aromatic rings. The molecule has 0 radical (unpaired) electrons. The Balaban J connectivity index is 3.26. The first-order chi connectivity index (χ1) is 9.25. The molecule has 0 aliphatic heterocycles. The van der Waals surface area contributed by atoms with Gasteiger partial charge in [-0.1, -0.05) is 33.1 Å². The second-order valence-corrected chi connectivity index (χ2v) is 6.10. The summed E-state index contributed by atoms with van der Waals surface area (Å²) in [4.78, 5) is 11.1. The molecule has 1 rings (SSSR count). The summed E-state index contributed by atoms with van der Waals surface area (Å²) in [5, 5.41) is 18.0. The van der Waals surface area contributed by atoms with Crippen LogP contribution >= 0.6 is 0 Å². The first kappa shape index (κ1) is 16.6. The van der Waals surface area contributed by atoms with Crippen LogP contribution in [0.2, 0.25) is 0 Å². The lowest BCUT2D eigenvalue weighted by molar-refractivity contribution is -0.107. The highest BCUT2D eigenvalue weighted by Crippen LogP contribution is 2.49. The van der Waals surface area contributed by atoms with E-state index in [1.54, 1.807) is 13.0 Å². The normalized spacial score (nSPS) is 29.2. The van der Waals surface area contributed by atoms with E-state index in [0.717, 1.165) is 24.8 Å². The summed E-state index contributed by atoms with van der Waals surface area (Å²) in [5.74, 6) is 6.05. The van der Waals surface area contributed by atoms with E-state index in [2.05, 4.69) is 11.8 Å². The zero-order valence-corrected chi connectivity index (χ0v) is 12.7. The van der Waals surface area contributed by atoms with Gasteiger partial charge in [-0.3, -0.25) is 0 Å². The van der Waals surface area contributed by atoms with E-state index in [1.165, 1.54) is 0 Å². The molecule has 2 atom stereocenters. The highest BCUT2D eigenvalue weighted by atomic mass is 16.7. The number of hydrogen-bond acceptors (Lipinski definition) is 3. The molecule has 0 aromatic heterocycles. The zero-order valence-electron chi connectivity index (χ0n) is 12.7. The fourth-order valence-corrected chi connectivity index (χ4v) is 2.98. The molecule has 1 aliphatic rings. The maximum atomic E-state index is 11.1. The SMILES string of the molecule is C/C(C#CC1(OC(=O)O)C(C)CCCC1(C)C)=C\CO. The molecule has 4 nitrogen and oxygen atoms in total. The number of carbonyl (C=O) groups is 1. The molecule has 1 aliphatic carbocycles. The van der Waals surface area contributed by atoms with E-state index in [9.17, 15) is 4.79 Å². The van der Waals surface area contributed by atoms with Gasteiger partial charge in [0.15, 0.2) is 5.60 Å². The molecule has 4 heteroatoms. The standard InChI is InChI=1S/C16H24O4/c1-12(8-11-17)7-10-16(20-14(18)19)13(2)6-5-9-15(16,3)4/h8,13,17H,5-6,9,11H2,1-4H3,(H,18,19)/b12-8+. The van der Waals surface area contributed by atoms with E-state index in [-0.39, 0.29) is 17.9 Å². The topological polar surface area (TPSA) is 66.8 Å². The van der Waals surface area contributed by atoms with Gasteiger partial charge in [-0.05, 0) is 37.3 Å². The smallest absolute Gasteiger partial charge is 0.450 e. The van der Waals surface area contributed by atoms with Crippen LogP contribution in [0.3, 0.4) is 0 Å². The summed E-state index contributed by atoms with van der Waals surface area (Å²) in [6, 6.07) is 0. The Morgan fingerprint density at radius 3 is 2.65 bits per heavy atom. The van der Waals surface area contributed by atoms with E-state index < -0.39 is 11.8 Å². The van der Waals surface area contributed by atoms with Crippen molar-refractivity contribution in [2.75, 3.05) is 6.61 Å². The number of aliphatic hydroxyl groups excluding tert-OH is 1.